The average molecular weight is 295 g/mol. The number of aryl methyl sites for hydroxylation is 1. The van der Waals surface area contributed by atoms with Crippen LogP contribution in [-0.4, -0.2) is 67.4 Å². The molecule has 2 heterocycles. The molecule has 1 aromatic heterocycles. The number of aldehydes is 1. The first-order valence-electron chi connectivity index (χ1n) is 7.23. The van der Waals surface area contributed by atoms with E-state index in [9.17, 15) is 4.79 Å². The van der Waals surface area contributed by atoms with Crippen molar-refractivity contribution in [3.63, 3.8) is 0 Å². The molecule has 1 aliphatic heterocycles. The summed E-state index contributed by atoms with van der Waals surface area (Å²) in [5.41, 5.74) is 6.69. The van der Waals surface area contributed by atoms with Crippen LogP contribution < -0.4 is 10.6 Å². The van der Waals surface area contributed by atoms with E-state index in [0.717, 1.165) is 37.4 Å². The molecule has 1 aromatic rings. The molecule has 7 nitrogen and oxygen atoms in total. The third-order valence-corrected chi connectivity index (χ3v) is 3.76. The van der Waals surface area contributed by atoms with E-state index in [1.165, 1.54) is 0 Å². The Labute approximate surface area is 125 Å². The molecule has 1 atom stereocenters. The van der Waals surface area contributed by atoms with Crippen LogP contribution >= 0.6 is 0 Å². The van der Waals surface area contributed by atoms with Crippen molar-refractivity contribution in [2.45, 2.75) is 31.7 Å². The highest BCUT2D eigenvalue weighted by molar-refractivity contribution is 5.56. The van der Waals surface area contributed by atoms with Gasteiger partial charge < -0.3 is 20.2 Å². The van der Waals surface area contributed by atoms with Gasteiger partial charge >= 0.3 is 0 Å². The third-order valence-electron chi connectivity index (χ3n) is 3.76. The molecule has 0 bridgehead atoms. The van der Waals surface area contributed by atoms with Gasteiger partial charge in [0.1, 0.15) is 12.1 Å². The lowest BCUT2D eigenvalue weighted by molar-refractivity contribution is -0.109. The van der Waals surface area contributed by atoms with Crippen molar-refractivity contribution in [3.05, 3.63) is 11.8 Å². The van der Waals surface area contributed by atoms with Crippen molar-refractivity contribution in [3.8, 4) is 0 Å². The lowest BCUT2D eigenvalue weighted by Crippen LogP contribution is -2.50. The van der Waals surface area contributed by atoms with Gasteiger partial charge in [-0.25, -0.2) is 4.68 Å². The number of likely N-dealkylation sites (tertiary alicyclic amines) is 1. The average Bonchev–Trinajstić information content (AvgIpc) is 2.82. The van der Waals surface area contributed by atoms with Gasteiger partial charge in [0, 0.05) is 53.5 Å². The number of nitrogens with two attached hydrogens (primary N) is 1. The SMILES string of the molecule is COC1CN(Cc2cc(N(C)C)n(CC[C@H](N)C=O)n2)C1. The number of nitrogens with zero attached hydrogens (tertiary/aromatic N) is 4. The summed E-state index contributed by atoms with van der Waals surface area (Å²) >= 11 is 0. The van der Waals surface area contributed by atoms with E-state index in [2.05, 4.69) is 16.1 Å². The number of carbonyl (C=O) groups is 1. The van der Waals surface area contributed by atoms with E-state index >= 15 is 0 Å². The second-order valence-corrected chi connectivity index (χ2v) is 5.75. The highest BCUT2D eigenvalue weighted by Crippen LogP contribution is 2.19. The van der Waals surface area contributed by atoms with Gasteiger partial charge in [-0.05, 0) is 6.42 Å². The van der Waals surface area contributed by atoms with Crippen molar-refractivity contribution in [2.75, 3.05) is 39.2 Å². The summed E-state index contributed by atoms with van der Waals surface area (Å²) in [5.74, 6) is 1.03. The predicted octanol–water partition coefficient (Wildman–Crippen LogP) is -0.304. The normalized spacial score (nSPS) is 17.5. The molecule has 0 aliphatic carbocycles. The van der Waals surface area contributed by atoms with Crippen molar-refractivity contribution in [2.24, 2.45) is 5.73 Å². The monoisotopic (exact) mass is 295 g/mol. The van der Waals surface area contributed by atoms with E-state index in [1.54, 1.807) is 7.11 Å². The number of anilines is 1. The number of carbonyl (C=O) groups excluding carboxylic acids is 1. The molecule has 1 aliphatic rings. The lowest BCUT2D eigenvalue weighted by atomic mass is 10.1. The molecule has 118 valence electrons. The van der Waals surface area contributed by atoms with Crippen LogP contribution in [0.4, 0.5) is 5.82 Å². The zero-order valence-corrected chi connectivity index (χ0v) is 13.0. The van der Waals surface area contributed by atoms with Gasteiger partial charge in [-0.2, -0.15) is 5.10 Å². The minimum absolute atomic E-state index is 0.353. The standard InChI is InChI=1S/C14H25N5O2/c1-17(2)14-6-12(7-18-8-13(9-18)21-3)16-19(14)5-4-11(15)10-20/h6,10-11,13H,4-5,7-9,15H2,1-3H3/t11-/m0/s1. The first-order chi connectivity index (χ1) is 10.0. The van der Waals surface area contributed by atoms with Crippen LogP contribution in [0, 0.1) is 0 Å². The molecule has 0 radical (unpaired) electrons. The van der Waals surface area contributed by atoms with Crippen LogP contribution in [0.25, 0.3) is 0 Å². The number of methoxy groups -OCH3 is 1. The summed E-state index contributed by atoms with van der Waals surface area (Å²) in [5, 5.41) is 4.63. The van der Waals surface area contributed by atoms with Crippen LogP contribution in [0.2, 0.25) is 0 Å². The third kappa shape index (κ3) is 4.03. The topological polar surface area (TPSA) is 76.6 Å². The molecule has 0 unspecified atom stereocenters. The van der Waals surface area contributed by atoms with E-state index in [-0.39, 0.29) is 0 Å². The Balaban J connectivity index is 1.97. The number of hydrogen-bond acceptors (Lipinski definition) is 6. The minimum Gasteiger partial charge on any atom is -0.379 e. The summed E-state index contributed by atoms with van der Waals surface area (Å²) in [6, 6.07) is 1.66. The van der Waals surface area contributed by atoms with Crippen molar-refractivity contribution >= 4 is 12.1 Å². The van der Waals surface area contributed by atoms with Gasteiger partial charge in [-0.1, -0.05) is 0 Å². The van der Waals surface area contributed by atoms with Crippen LogP contribution in [0.15, 0.2) is 6.07 Å². The fourth-order valence-corrected chi connectivity index (χ4v) is 2.43. The predicted molar refractivity (Wildman–Crippen MR) is 81.3 cm³/mol. The Kier molecular flexibility index (Phi) is 5.33. The summed E-state index contributed by atoms with van der Waals surface area (Å²) < 4.78 is 7.20. The lowest BCUT2D eigenvalue weighted by Gasteiger charge is -2.37. The minimum atomic E-state index is -0.425. The van der Waals surface area contributed by atoms with Crippen LogP contribution in [0.1, 0.15) is 12.1 Å². The van der Waals surface area contributed by atoms with E-state index < -0.39 is 6.04 Å². The molecule has 0 amide bonds. The van der Waals surface area contributed by atoms with Crippen LogP contribution in [0.5, 0.6) is 0 Å². The fraction of sp³-hybridized carbons (Fsp3) is 0.714. The molecule has 2 rings (SSSR count). The van der Waals surface area contributed by atoms with Gasteiger partial charge in [0.25, 0.3) is 0 Å². The van der Waals surface area contributed by atoms with Gasteiger partial charge in [-0.15, -0.1) is 0 Å². The van der Waals surface area contributed by atoms with E-state index in [0.29, 0.717) is 19.1 Å². The smallest absolute Gasteiger partial charge is 0.136 e. The Morgan fingerprint density at radius 2 is 2.29 bits per heavy atom. The van der Waals surface area contributed by atoms with Crippen molar-refractivity contribution in [1.82, 2.24) is 14.7 Å². The van der Waals surface area contributed by atoms with E-state index in [1.807, 2.05) is 23.7 Å². The van der Waals surface area contributed by atoms with E-state index in [4.69, 9.17) is 10.5 Å². The largest absolute Gasteiger partial charge is 0.379 e. The number of rotatable bonds is 8. The summed E-state index contributed by atoms with van der Waals surface area (Å²) in [7, 11) is 5.72. The van der Waals surface area contributed by atoms with Gasteiger partial charge in [0.15, 0.2) is 0 Å². The quantitative estimate of drug-likeness (QED) is 0.663. The molecular formula is C14H25N5O2. The Morgan fingerprint density at radius 3 is 2.86 bits per heavy atom. The maximum Gasteiger partial charge on any atom is 0.136 e. The maximum absolute atomic E-state index is 10.6. The van der Waals surface area contributed by atoms with Gasteiger partial charge in [-0.3, -0.25) is 4.90 Å². The fourth-order valence-electron chi connectivity index (χ4n) is 2.43. The second kappa shape index (κ2) is 7.02. The molecule has 0 aromatic carbocycles. The van der Waals surface area contributed by atoms with Gasteiger partial charge in [0.05, 0.1) is 17.8 Å². The highest BCUT2D eigenvalue weighted by Gasteiger charge is 2.27. The summed E-state index contributed by atoms with van der Waals surface area (Å²) in [4.78, 5) is 14.9. The molecule has 7 heteroatoms. The highest BCUT2D eigenvalue weighted by atomic mass is 16.5. The number of hydrogen-bond donors (Lipinski definition) is 1. The zero-order chi connectivity index (χ0) is 15.4. The van der Waals surface area contributed by atoms with Crippen molar-refractivity contribution < 1.29 is 9.53 Å². The first-order valence-corrected chi connectivity index (χ1v) is 7.23. The van der Waals surface area contributed by atoms with Gasteiger partial charge in [0.2, 0.25) is 0 Å². The number of ether oxygens (including phenoxy) is 1. The maximum atomic E-state index is 10.6. The molecular weight excluding hydrogens is 270 g/mol. The molecule has 1 saturated heterocycles. The second-order valence-electron chi connectivity index (χ2n) is 5.75. The molecule has 21 heavy (non-hydrogen) atoms. The summed E-state index contributed by atoms with van der Waals surface area (Å²) in [6.07, 6.45) is 1.73. The van der Waals surface area contributed by atoms with Crippen LogP contribution in [0.3, 0.4) is 0 Å². The van der Waals surface area contributed by atoms with Crippen molar-refractivity contribution in [1.29, 1.82) is 0 Å². The number of aromatic nitrogens is 2. The molecule has 0 spiro atoms. The summed E-state index contributed by atoms with van der Waals surface area (Å²) in [6.45, 7) is 3.38. The molecule has 0 saturated carbocycles. The Morgan fingerprint density at radius 1 is 1.57 bits per heavy atom. The zero-order valence-electron chi connectivity index (χ0n) is 13.0. The molecule has 2 N–H and O–H groups in total. The first kappa shape index (κ1) is 15.9. The van der Waals surface area contributed by atoms with Crippen LogP contribution in [-0.2, 0) is 22.6 Å². The Bertz CT molecular complexity index is 468. The Hall–Kier alpha value is -1.44. The molecule has 1 fully saturated rings.